The molecule has 3 heterocycles. The van der Waals surface area contributed by atoms with Gasteiger partial charge in [-0.25, -0.2) is 14.4 Å². The monoisotopic (exact) mass is 549 g/mol. The van der Waals surface area contributed by atoms with Gasteiger partial charge in [0.15, 0.2) is 5.69 Å². The van der Waals surface area contributed by atoms with Crippen LogP contribution in [0.1, 0.15) is 27.3 Å². The SMILES string of the molecule is C[SH](C)(=O)c1ccc(C(=O)Nc2cccnc2C(=O)Nc2ccc(Cl)cn2)c(O[C@H]2CCN(Cl)C2)c1. The van der Waals surface area contributed by atoms with Crippen molar-refractivity contribution < 1.29 is 18.5 Å². The summed E-state index contributed by atoms with van der Waals surface area (Å²) in [6.07, 6.45) is 6.63. The first kappa shape index (κ1) is 26.0. The van der Waals surface area contributed by atoms with Crippen LogP contribution in [0.5, 0.6) is 5.75 Å². The summed E-state index contributed by atoms with van der Waals surface area (Å²) < 4.78 is 20.4. The molecule has 1 saturated heterocycles. The molecule has 0 unspecified atom stereocenters. The number of carbonyl (C=O) groups excluding carboxylic acids is 2. The maximum absolute atomic E-state index is 13.3. The van der Waals surface area contributed by atoms with E-state index in [0.717, 1.165) is 0 Å². The average Bonchev–Trinajstić information content (AvgIpc) is 3.24. The van der Waals surface area contributed by atoms with Gasteiger partial charge in [-0.05, 0) is 73.2 Å². The second-order valence-corrected chi connectivity index (χ2v) is 12.7. The third kappa shape index (κ3) is 6.38. The van der Waals surface area contributed by atoms with Gasteiger partial charge in [-0.15, -0.1) is 0 Å². The Morgan fingerprint density at radius 2 is 1.92 bits per heavy atom. The lowest BCUT2D eigenvalue weighted by molar-refractivity contribution is 0.102. The second-order valence-electron chi connectivity index (χ2n) is 8.60. The van der Waals surface area contributed by atoms with Crippen molar-refractivity contribution in [3.8, 4) is 5.75 Å². The number of thiol groups is 1. The number of hydrogen-bond donors (Lipinski definition) is 3. The van der Waals surface area contributed by atoms with Gasteiger partial charge in [-0.3, -0.25) is 13.8 Å². The van der Waals surface area contributed by atoms with Crippen LogP contribution in [0, 0.1) is 0 Å². The van der Waals surface area contributed by atoms with E-state index in [2.05, 4.69) is 20.6 Å². The number of pyridine rings is 2. The molecule has 2 amide bonds. The molecule has 9 nitrogen and oxygen atoms in total. The van der Waals surface area contributed by atoms with Crippen LogP contribution < -0.4 is 15.4 Å². The van der Waals surface area contributed by atoms with E-state index in [4.69, 9.17) is 28.1 Å². The van der Waals surface area contributed by atoms with E-state index in [1.807, 2.05) is 0 Å². The number of halogens is 2. The number of carbonyl (C=O) groups is 2. The lowest BCUT2D eigenvalue weighted by Crippen LogP contribution is -2.23. The molecule has 0 spiro atoms. The Hall–Kier alpha value is -3.05. The fraction of sp³-hybridized carbons (Fsp3) is 0.250. The fourth-order valence-corrected chi connectivity index (χ4v) is 4.82. The fourth-order valence-electron chi connectivity index (χ4n) is 3.60. The van der Waals surface area contributed by atoms with Gasteiger partial charge in [0.25, 0.3) is 11.8 Å². The molecular weight excluding hydrogens is 525 g/mol. The standard InChI is InChI=1S/C24H25Cl2N5O4S/c1-36(2,34)17-6-7-18(20(12-17)35-16-9-11-31(26)14-16)23(32)29-19-4-3-10-27-22(19)24(33)30-21-8-5-15(25)13-28-21/h3-8,10,12-13,16,36H,9,11,14H2,1-2H3,(H,29,32)(H,28,30,33)/t16-/m0/s1. The average molecular weight is 550 g/mol. The molecule has 2 N–H and O–H groups in total. The molecule has 12 heteroatoms. The van der Waals surface area contributed by atoms with Gasteiger partial charge in [-0.2, -0.15) is 0 Å². The molecule has 2 aromatic heterocycles. The highest BCUT2D eigenvalue weighted by atomic mass is 35.5. The Balaban J connectivity index is 1.59. The van der Waals surface area contributed by atoms with Gasteiger partial charge >= 0.3 is 0 Å². The van der Waals surface area contributed by atoms with Crippen molar-refractivity contribution in [3.05, 3.63) is 71.1 Å². The van der Waals surface area contributed by atoms with E-state index >= 15 is 0 Å². The van der Waals surface area contributed by atoms with E-state index < -0.39 is 21.7 Å². The quantitative estimate of drug-likeness (QED) is 0.302. The molecule has 1 aliphatic rings. The maximum atomic E-state index is 13.3. The molecule has 36 heavy (non-hydrogen) atoms. The topological polar surface area (TPSA) is 114 Å². The molecule has 1 aliphatic heterocycles. The molecule has 3 aromatic rings. The zero-order valence-corrected chi connectivity index (χ0v) is 22.0. The zero-order valence-electron chi connectivity index (χ0n) is 19.6. The highest BCUT2D eigenvalue weighted by Gasteiger charge is 2.26. The molecular formula is C24H25Cl2N5O4S. The second kappa shape index (κ2) is 10.9. The maximum Gasteiger partial charge on any atom is 0.277 e. The molecule has 1 atom stereocenters. The summed E-state index contributed by atoms with van der Waals surface area (Å²) in [5.74, 6) is -0.484. The molecule has 4 rings (SSSR count). The van der Waals surface area contributed by atoms with Crippen LogP contribution in [-0.4, -0.2) is 62.1 Å². The van der Waals surface area contributed by atoms with Gasteiger partial charge in [0.2, 0.25) is 0 Å². The number of nitrogens with one attached hydrogen (secondary N) is 2. The van der Waals surface area contributed by atoms with Crippen molar-refractivity contribution in [2.75, 3.05) is 36.2 Å². The summed E-state index contributed by atoms with van der Waals surface area (Å²) in [5, 5.41) is 5.81. The summed E-state index contributed by atoms with van der Waals surface area (Å²) in [6.45, 7) is 1.15. The number of benzene rings is 1. The van der Waals surface area contributed by atoms with Gasteiger partial charge in [0.1, 0.15) is 17.7 Å². The van der Waals surface area contributed by atoms with E-state index in [1.165, 1.54) is 12.4 Å². The van der Waals surface area contributed by atoms with Crippen molar-refractivity contribution in [2.45, 2.75) is 17.4 Å². The Bertz CT molecular complexity index is 1330. The van der Waals surface area contributed by atoms with E-state index in [9.17, 15) is 13.8 Å². The van der Waals surface area contributed by atoms with Crippen LogP contribution >= 0.6 is 23.4 Å². The first-order chi connectivity index (χ1) is 17.1. The Morgan fingerprint density at radius 1 is 1.11 bits per heavy atom. The molecule has 1 fully saturated rings. The number of nitrogens with zero attached hydrogens (tertiary/aromatic N) is 3. The van der Waals surface area contributed by atoms with Gasteiger partial charge in [0.05, 0.1) is 22.8 Å². The van der Waals surface area contributed by atoms with Crippen LogP contribution in [0.2, 0.25) is 5.02 Å². The number of anilines is 2. The number of aromatic nitrogens is 2. The summed E-state index contributed by atoms with van der Waals surface area (Å²) in [7, 11) is -2.60. The molecule has 0 bridgehead atoms. The normalized spacial score (nSPS) is 16.4. The number of ether oxygens (including phenoxy) is 1. The molecule has 0 radical (unpaired) electrons. The van der Waals surface area contributed by atoms with E-state index in [-0.39, 0.29) is 28.9 Å². The molecule has 190 valence electrons. The van der Waals surface area contributed by atoms with Crippen LogP contribution in [-0.2, 0) is 9.93 Å². The number of rotatable bonds is 7. The highest BCUT2D eigenvalue weighted by Crippen LogP contribution is 2.29. The van der Waals surface area contributed by atoms with Gasteiger partial charge in [-0.1, -0.05) is 21.5 Å². The van der Waals surface area contributed by atoms with Crippen molar-refractivity contribution in [3.63, 3.8) is 0 Å². The Kier molecular flexibility index (Phi) is 7.89. The molecule has 1 aromatic carbocycles. The third-order valence-corrected chi connectivity index (χ3v) is 7.51. The zero-order chi connectivity index (χ0) is 25.9. The summed E-state index contributed by atoms with van der Waals surface area (Å²) in [5.41, 5.74) is 0.435. The Morgan fingerprint density at radius 3 is 2.58 bits per heavy atom. The van der Waals surface area contributed by atoms with Crippen molar-refractivity contribution in [1.29, 1.82) is 0 Å². The van der Waals surface area contributed by atoms with Gasteiger partial charge in [0, 0.05) is 23.8 Å². The first-order valence-electron chi connectivity index (χ1n) is 11.1. The highest BCUT2D eigenvalue weighted by molar-refractivity contribution is 8.01. The predicted molar refractivity (Wildman–Crippen MR) is 142 cm³/mol. The Labute approximate surface area is 219 Å². The molecule has 0 saturated carbocycles. The molecule has 0 aliphatic carbocycles. The lowest BCUT2D eigenvalue weighted by atomic mass is 10.1. The van der Waals surface area contributed by atoms with Crippen LogP contribution in [0.25, 0.3) is 0 Å². The smallest absolute Gasteiger partial charge is 0.277 e. The number of amides is 2. The summed E-state index contributed by atoms with van der Waals surface area (Å²) in [6, 6.07) is 11.2. The largest absolute Gasteiger partial charge is 0.488 e. The van der Waals surface area contributed by atoms with Crippen molar-refractivity contribution in [2.24, 2.45) is 0 Å². The van der Waals surface area contributed by atoms with E-state index in [0.29, 0.717) is 35.2 Å². The van der Waals surface area contributed by atoms with Crippen LogP contribution in [0.4, 0.5) is 11.5 Å². The summed E-state index contributed by atoms with van der Waals surface area (Å²) in [4.78, 5) is 34.9. The summed E-state index contributed by atoms with van der Waals surface area (Å²) >= 11 is 11.9. The van der Waals surface area contributed by atoms with Gasteiger partial charge < -0.3 is 15.4 Å². The minimum Gasteiger partial charge on any atom is -0.488 e. The van der Waals surface area contributed by atoms with E-state index in [1.54, 1.807) is 59.4 Å². The minimum absolute atomic E-state index is 0.00174. The van der Waals surface area contributed by atoms with Crippen molar-refractivity contribution >= 4 is 56.6 Å². The lowest BCUT2D eigenvalue weighted by Gasteiger charge is -2.20. The minimum atomic E-state index is -2.60. The van der Waals surface area contributed by atoms with Crippen molar-refractivity contribution in [1.82, 2.24) is 14.4 Å². The van der Waals surface area contributed by atoms with Crippen LogP contribution in [0.3, 0.4) is 0 Å². The third-order valence-electron chi connectivity index (χ3n) is 5.46. The first-order valence-corrected chi connectivity index (χ1v) is 14.4. The number of hydrogen-bond acceptors (Lipinski definition) is 7. The predicted octanol–water partition coefficient (Wildman–Crippen LogP) is 3.88. The van der Waals surface area contributed by atoms with Crippen LogP contribution in [0.15, 0.2) is 59.8 Å².